The van der Waals surface area contributed by atoms with E-state index >= 15 is 0 Å². The molecule has 2 saturated heterocycles. The van der Waals surface area contributed by atoms with Gasteiger partial charge in [0.2, 0.25) is 21.8 Å². The van der Waals surface area contributed by atoms with Crippen LogP contribution >= 0.6 is 0 Å². The molecule has 2 aliphatic rings. The number of nitrogens with zero attached hydrogens (tertiary/aromatic N) is 2. The Labute approximate surface area is 167 Å². The number of rotatable bonds is 5. The third kappa shape index (κ3) is 4.55. The van der Waals surface area contributed by atoms with Crippen LogP contribution in [0, 0.1) is 5.92 Å². The van der Waals surface area contributed by atoms with Crippen LogP contribution in [0.2, 0.25) is 0 Å². The van der Waals surface area contributed by atoms with Crippen LogP contribution in [0.25, 0.3) is 0 Å². The van der Waals surface area contributed by atoms with Crippen LogP contribution in [0.3, 0.4) is 0 Å². The Morgan fingerprint density at radius 2 is 1.68 bits per heavy atom. The quantitative estimate of drug-likeness (QED) is 0.812. The van der Waals surface area contributed by atoms with Gasteiger partial charge in [-0.2, -0.15) is 4.31 Å². The van der Waals surface area contributed by atoms with E-state index in [-0.39, 0.29) is 35.1 Å². The van der Waals surface area contributed by atoms with Crippen LogP contribution in [-0.4, -0.2) is 55.1 Å². The summed E-state index contributed by atoms with van der Waals surface area (Å²) < 4.78 is 27.2. The lowest BCUT2D eigenvalue weighted by molar-refractivity contribution is -0.129. The molecule has 1 atom stereocenters. The van der Waals surface area contributed by atoms with Crippen molar-refractivity contribution in [2.45, 2.75) is 56.9 Å². The number of anilines is 1. The fourth-order valence-electron chi connectivity index (χ4n) is 3.79. The maximum atomic E-state index is 12.8. The van der Waals surface area contributed by atoms with E-state index in [2.05, 4.69) is 5.32 Å². The Kier molecular flexibility index (Phi) is 6.40. The second-order valence-corrected chi connectivity index (χ2v) is 9.81. The van der Waals surface area contributed by atoms with Gasteiger partial charge < -0.3 is 10.2 Å². The van der Waals surface area contributed by atoms with Gasteiger partial charge in [0.1, 0.15) is 0 Å². The molecule has 0 spiro atoms. The zero-order chi connectivity index (χ0) is 20.3. The molecule has 2 heterocycles. The number of hydrogen-bond acceptors (Lipinski definition) is 4. The van der Waals surface area contributed by atoms with E-state index in [1.165, 1.54) is 12.1 Å². The van der Waals surface area contributed by atoms with E-state index in [0.29, 0.717) is 25.3 Å². The zero-order valence-corrected chi connectivity index (χ0v) is 17.4. The van der Waals surface area contributed by atoms with Gasteiger partial charge in [0.05, 0.1) is 10.8 Å². The Morgan fingerprint density at radius 1 is 1.07 bits per heavy atom. The van der Waals surface area contributed by atoms with Gasteiger partial charge in [-0.05, 0) is 51.0 Å². The summed E-state index contributed by atoms with van der Waals surface area (Å²) in [7, 11) is -3.50. The highest BCUT2D eigenvalue weighted by Crippen LogP contribution is 2.24. The van der Waals surface area contributed by atoms with E-state index in [9.17, 15) is 18.0 Å². The largest absolute Gasteiger partial charge is 0.339 e. The second kappa shape index (κ2) is 8.61. The van der Waals surface area contributed by atoms with Crippen LogP contribution in [0.5, 0.6) is 0 Å². The molecule has 0 radical (unpaired) electrons. The predicted molar refractivity (Wildman–Crippen MR) is 107 cm³/mol. The lowest BCUT2D eigenvalue weighted by atomic mass is 10.1. The third-order valence-electron chi connectivity index (χ3n) is 5.48. The zero-order valence-electron chi connectivity index (χ0n) is 16.6. The molecule has 154 valence electrons. The Morgan fingerprint density at radius 3 is 2.21 bits per heavy atom. The average Bonchev–Trinajstić information content (AvgIpc) is 2.86. The second-order valence-electron chi connectivity index (χ2n) is 7.87. The molecule has 2 amide bonds. The van der Waals surface area contributed by atoms with E-state index in [1.807, 2.05) is 13.8 Å². The first-order valence-electron chi connectivity index (χ1n) is 9.99. The number of amides is 2. The number of carbonyl (C=O) groups is 2. The first-order valence-corrected chi connectivity index (χ1v) is 11.4. The van der Waals surface area contributed by atoms with Crippen LogP contribution in [0.1, 0.15) is 46.0 Å². The highest BCUT2D eigenvalue weighted by molar-refractivity contribution is 7.89. The molecule has 2 aliphatic heterocycles. The van der Waals surface area contributed by atoms with Crippen molar-refractivity contribution in [1.29, 1.82) is 0 Å². The van der Waals surface area contributed by atoms with Crippen molar-refractivity contribution in [2.75, 3.05) is 25.0 Å². The summed E-state index contributed by atoms with van der Waals surface area (Å²) >= 11 is 0. The Balaban J connectivity index is 1.64. The molecule has 0 bridgehead atoms. The highest BCUT2D eigenvalue weighted by Gasteiger charge is 2.35. The van der Waals surface area contributed by atoms with Crippen molar-refractivity contribution in [3.63, 3.8) is 0 Å². The minimum absolute atomic E-state index is 0.00552. The third-order valence-corrected chi connectivity index (χ3v) is 7.39. The number of carbonyl (C=O) groups excluding carboxylic acids is 2. The van der Waals surface area contributed by atoms with Crippen LogP contribution in [-0.2, 0) is 19.6 Å². The summed E-state index contributed by atoms with van der Waals surface area (Å²) in [6, 6.07) is 6.37. The average molecular weight is 408 g/mol. The van der Waals surface area contributed by atoms with Crippen molar-refractivity contribution < 1.29 is 18.0 Å². The maximum absolute atomic E-state index is 12.8. The molecular weight excluding hydrogens is 378 g/mol. The van der Waals surface area contributed by atoms with Crippen LogP contribution in [0.4, 0.5) is 5.69 Å². The van der Waals surface area contributed by atoms with E-state index < -0.39 is 10.0 Å². The molecule has 7 nitrogen and oxygen atoms in total. The Bertz CT molecular complexity index is 812. The smallest absolute Gasteiger partial charge is 0.243 e. The Hall–Kier alpha value is -1.93. The summed E-state index contributed by atoms with van der Waals surface area (Å²) in [5.41, 5.74) is 0.537. The molecule has 1 aromatic rings. The molecule has 28 heavy (non-hydrogen) atoms. The van der Waals surface area contributed by atoms with Gasteiger partial charge in [-0.25, -0.2) is 8.42 Å². The fourth-order valence-corrected chi connectivity index (χ4v) is 5.31. The van der Waals surface area contributed by atoms with Crippen molar-refractivity contribution in [3.05, 3.63) is 24.3 Å². The standard InChI is InChI=1S/C20H29N3O4S/c1-15(2)23-14-16(13-19(23)24)20(25)21-17-7-9-18(10-8-17)28(26,27)22-11-5-3-4-6-12-22/h7-10,15-16H,3-6,11-14H2,1-2H3,(H,21,25)/t16-/m0/s1. The first-order chi connectivity index (χ1) is 13.3. The first kappa shape index (κ1) is 20.8. The van der Waals surface area contributed by atoms with Crippen LogP contribution in [0.15, 0.2) is 29.2 Å². The molecule has 0 unspecified atom stereocenters. The molecule has 0 saturated carbocycles. The topological polar surface area (TPSA) is 86.8 Å². The molecule has 2 fully saturated rings. The van der Waals surface area contributed by atoms with Gasteiger partial charge in [-0.3, -0.25) is 9.59 Å². The number of sulfonamides is 1. The van der Waals surface area contributed by atoms with E-state index in [4.69, 9.17) is 0 Å². The summed E-state index contributed by atoms with van der Waals surface area (Å²) in [5.74, 6) is -0.593. The van der Waals surface area contributed by atoms with Crippen molar-refractivity contribution >= 4 is 27.5 Å². The molecule has 1 N–H and O–H groups in total. The van der Waals surface area contributed by atoms with Gasteiger partial charge >= 0.3 is 0 Å². The number of hydrogen-bond donors (Lipinski definition) is 1. The van der Waals surface area contributed by atoms with Gasteiger partial charge in [-0.1, -0.05) is 12.8 Å². The number of likely N-dealkylation sites (tertiary alicyclic amines) is 1. The van der Waals surface area contributed by atoms with Crippen molar-refractivity contribution in [3.8, 4) is 0 Å². The monoisotopic (exact) mass is 407 g/mol. The summed E-state index contributed by atoms with van der Waals surface area (Å²) in [5, 5.41) is 2.81. The minimum Gasteiger partial charge on any atom is -0.339 e. The highest BCUT2D eigenvalue weighted by atomic mass is 32.2. The normalized spacial score (nSPS) is 21.8. The lowest BCUT2D eigenvalue weighted by Gasteiger charge is -2.21. The lowest BCUT2D eigenvalue weighted by Crippen LogP contribution is -2.33. The maximum Gasteiger partial charge on any atom is 0.243 e. The molecule has 3 rings (SSSR count). The predicted octanol–water partition coefficient (Wildman–Crippen LogP) is 2.45. The van der Waals surface area contributed by atoms with Crippen LogP contribution < -0.4 is 5.32 Å². The molecular formula is C20H29N3O4S. The molecule has 8 heteroatoms. The summed E-state index contributed by atoms with van der Waals surface area (Å²) in [6.07, 6.45) is 4.12. The summed E-state index contributed by atoms with van der Waals surface area (Å²) in [4.78, 5) is 26.4. The van der Waals surface area contributed by atoms with Gasteiger partial charge in [0.15, 0.2) is 0 Å². The summed E-state index contributed by atoms with van der Waals surface area (Å²) in [6.45, 7) is 5.40. The van der Waals surface area contributed by atoms with E-state index in [1.54, 1.807) is 21.3 Å². The van der Waals surface area contributed by atoms with Gasteiger partial charge in [-0.15, -0.1) is 0 Å². The van der Waals surface area contributed by atoms with E-state index in [0.717, 1.165) is 25.7 Å². The molecule has 0 aromatic heterocycles. The van der Waals surface area contributed by atoms with Gasteiger partial charge in [0, 0.05) is 37.8 Å². The number of benzene rings is 1. The van der Waals surface area contributed by atoms with Crippen molar-refractivity contribution in [2.24, 2.45) is 5.92 Å². The van der Waals surface area contributed by atoms with Gasteiger partial charge in [0.25, 0.3) is 0 Å². The minimum atomic E-state index is -3.50. The molecule has 0 aliphatic carbocycles. The molecule has 1 aromatic carbocycles. The fraction of sp³-hybridized carbons (Fsp3) is 0.600. The SMILES string of the molecule is CC(C)N1C[C@@H](C(=O)Nc2ccc(S(=O)(=O)N3CCCCCC3)cc2)CC1=O. The number of nitrogens with one attached hydrogen (secondary N) is 1. The van der Waals surface area contributed by atoms with Crippen molar-refractivity contribution in [1.82, 2.24) is 9.21 Å².